The van der Waals surface area contributed by atoms with E-state index in [2.05, 4.69) is 0 Å². The van der Waals surface area contributed by atoms with Crippen molar-refractivity contribution in [2.75, 3.05) is 13.1 Å². The number of nitrogens with two attached hydrogens (primary N) is 3. The summed E-state index contributed by atoms with van der Waals surface area (Å²) in [5.74, 6) is 4.65. The van der Waals surface area contributed by atoms with Crippen LogP contribution in [0.1, 0.15) is 0 Å². The molecule has 0 rings (SSSR count). The van der Waals surface area contributed by atoms with Crippen molar-refractivity contribution in [3.8, 4) is 0 Å². The van der Waals surface area contributed by atoms with Gasteiger partial charge in [0.2, 0.25) is 0 Å². The first kappa shape index (κ1) is 10.7. The first-order valence-electron chi connectivity index (χ1n) is 3.20. The highest BCUT2D eigenvalue weighted by atomic mass is 16.5. The van der Waals surface area contributed by atoms with E-state index in [1.165, 1.54) is 11.7 Å². The maximum atomic E-state index is 10.5. The van der Waals surface area contributed by atoms with Crippen LogP contribution in [0, 0.1) is 0 Å². The Hall–Kier alpha value is -1.31. The summed E-state index contributed by atoms with van der Waals surface area (Å²) in [7, 11) is 0. The average molecular weight is 175 g/mol. The van der Waals surface area contributed by atoms with E-state index in [0.717, 1.165) is 5.01 Å². The lowest BCUT2D eigenvalue weighted by molar-refractivity contribution is -0.129. The Kier molecular flexibility index (Phi) is 4.77. The summed E-state index contributed by atoms with van der Waals surface area (Å²) in [6.45, 7) is -0.0222. The van der Waals surface area contributed by atoms with Crippen molar-refractivity contribution >= 4 is 5.91 Å². The molecule has 0 unspecified atom stereocenters. The second kappa shape index (κ2) is 5.35. The van der Waals surface area contributed by atoms with Gasteiger partial charge in [-0.05, 0) is 0 Å². The zero-order valence-corrected chi connectivity index (χ0v) is 6.53. The summed E-state index contributed by atoms with van der Waals surface area (Å²) in [5, 5.41) is 9.14. The van der Waals surface area contributed by atoms with E-state index < -0.39 is 5.91 Å². The predicted molar refractivity (Wildman–Crippen MR) is 42.1 cm³/mol. The van der Waals surface area contributed by atoms with Gasteiger partial charge in [0, 0.05) is 18.4 Å². The van der Waals surface area contributed by atoms with E-state index in [0.29, 0.717) is 5.70 Å². The number of carbonyl (C=O) groups is 1. The Morgan fingerprint density at radius 3 is 2.67 bits per heavy atom. The van der Waals surface area contributed by atoms with Gasteiger partial charge >= 0.3 is 0 Å². The van der Waals surface area contributed by atoms with Crippen LogP contribution in [0.25, 0.3) is 0 Å². The molecule has 0 fully saturated rings. The molecule has 0 spiro atoms. The molecule has 0 radical (unpaired) electrons. The standard InChI is InChI=1S/C5H13N5O2/c6-1-4(7)2-10(8)3-5(11)9-12/h2,12H,1,3,6-8H2,(H,9,11)/b4-2-. The van der Waals surface area contributed by atoms with Crippen molar-refractivity contribution < 1.29 is 10.0 Å². The fraction of sp³-hybridized carbons (Fsp3) is 0.400. The Balaban J connectivity index is 3.88. The number of hydroxylamine groups is 1. The van der Waals surface area contributed by atoms with Gasteiger partial charge in [0.15, 0.2) is 0 Å². The molecule has 0 saturated heterocycles. The number of hydrogen-bond acceptors (Lipinski definition) is 6. The van der Waals surface area contributed by atoms with Crippen LogP contribution in [0.3, 0.4) is 0 Å². The van der Waals surface area contributed by atoms with E-state index in [4.69, 9.17) is 22.5 Å². The fourth-order valence-corrected chi connectivity index (χ4v) is 0.513. The molecule has 0 saturated carbocycles. The number of amides is 1. The monoisotopic (exact) mass is 175 g/mol. The van der Waals surface area contributed by atoms with Gasteiger partial charge in [0.05, 0.1) is 0 Å². The quantitative estimate of drug-likeness (QED) is 0.181. The van der Waals surface area contributed by atoms with Crippen LogP contribution in [-0.2, 0) is 4.79 Å². The number of hydrogen-bond donors (Lipinski definition) is 5. The normalized spacial score (nSPS) is 11.1. The average Bonchev–Trinajstić information content (AvgIpc) is 2.03. The molecule has 8 N–H and O–H groups in total. The predicted octanol–water partition coefficient (Wildman–Crippen LogP) is -2.57. The van der Waals surface area contributed by atoms with Gasteiger partial charge in [0.25, 0.3) is 5.91 Å². The lowest BCUT2D eigenvalue weighted by Gasteiger charge is -2.12. The maximum Gasteiger partial charge on any atom is 0.264 e. The molecule has 1 amide bonds. The third kappa shape index (κ3) is 4.50. The lowest BCUT2D eigenvalue weighted by Crippen LogP contribution is -2.37. The second-order valence-corrected chi connectivity index (χ2v) is 2.12. The molecule has 7 heteroatoms. The van der Waals surface area contributed by atoms with E-state index in [9.17, 15) is 4.79 Å². The van der Waals surface area contributed by atoms with Gasteiger partial charge in [-0.1, -0.05) is 0 Å². The summed E-state index contributed by atoms with van der Waals surface area (Å²) in [4.78, 5) is 10.5. The van der Waals surface area contributed by atoms with E-state index in [1.54, 1.807) is 0 Å². The van der Waals surface area contributed by atoms with Crippen LogP contribution in [0.4, 0.5) is 0 Å². The third-order valence-corrected chi connectivity index (χ3v) is 1.02. The lowest BCUT2D eigenvalue weighted by atomic mass is 10.5. The van der Waals surface area contributed by atoms with Crippen LogP contribution in [0.15, 0.2) is 11.9 Å². The number of rotatable bonds is 4. The van der Waals surface area contributed by atoms with Crippen LogP contribution in [0.2, 0.25) is 0 Å². The Morgan fingerprint density at radius 2 is 2.25 bits per heavy atom. The Morgan fingerprint density at radius 1 is 1.67 bits per heavy atom. The number of nitrogens with zero attached hydrogens (tertiary/aromatic N) is 1. The minimum Gasteiger partial charge on any atom is -0.400 e. The summed E-state index contributed by atoms with van der Waals surface area (Å²) in [6, 6.07) is 0. The van der Waals surface area contributed by atoms with Crippen molar-refractivity contribution in [1.29, 1.82) is 0 Å². The van der Waals surface area contributed by atoms with E-state index in [-0.39, 0.29) is 13.1 Å². The van der Waals surface area contributed by atoms with E-state index >= 15 is 0 Å². The molecule has 0 atom stereocenters. The number of carbonyl (C=O) groups excluding carboxylic acids is 1. The fourth-order valence-electron chi connectivity index (χ4n) is 0.513. The van der Waals surface area contributed by atoms with Crippen molar-refractivity contribution in [2.45, 2.75) is 0 Å². The highest BCUT2D eigenvalue weighted by Gasteiger charge is 2.01. The molecule has 0 aliphatic heterocycles. The number of nitrogens with one attached hydrogen (secondary N) is 1. The molecule has 7 nitrogen and oxygen atoms in total. The topological polar surface area (TPSA) is 131 Å². The summed E-state index contributed by atoms with van der Waals surface area (Å²) >= 11 is 0. The molecule has 0 aliphatic rings. The number of hydrazine groups is 1. The van der Waals surface area contributed by atoms with Crippen molar-refractivity contribution in [1.82, 2.24) is 10.5 Å². The molecule has 0 aromatic carbocycles. The molecule has 0 aliphatic carbocycles. The van der Waals surface area contributed by atoms with Crippen molar-refractivity contribution in [3.05, 3.63) is 11.9 Å². The first-order valence-corrected chi connectivity index (χ1v) is 3.20. The van der Waals surface area contributed by atoms with Crippen LogP contribution in [-0.4, -0.2) is 29.2 Å². The van der Waals surface area contributed by atoms with Gasteiger partial charge in [-0.3, -0.25) is 10.0 Å². The minimum absolute atomic E-state index is 0.161. The molecular formula is C5H13N5O2. The van der Waals surface area contributed by atoms with E-state index in [1.807, 2.05) is 0 Å². The first-order chi connectivity index (χ1) is 5.60. The Bertz CT molecular complexity index is 181. The molecule has 12 heavy (non-hydrogen) atoms. The zero-order valence-electron chi connectivity index (χ0n) is 6.53. The molecule has 0 bridgehead atoms. The van der Waals surface area contributed by atoms with Gasteiger partial charge in [0.1, 0.15) is 6.54 Å². The summed E-state index contributed by atoms with van der Waals surface area (Å²) < 4.78 is 0. The van der Waals surface area contributed by atoms with Gasteiger partial charge < -0.3 is 16.5 Å². The SMILES string of the molecule is NC/C(N)=C/N(N)CC(=O)NO. The third-order valence-electron chi connectivity index (χ3n) is 1.02. The maximum absolute atomic E-state index is 10.5. The molecule has 0 aromatic rings. The zero-order chi connectivity index (χ0) is 9.56. The highest BCUT2D eigenvalue weighted by Crippen LogP contribution is 1.83. The largest absolute Gasteiger partial charge is 0.400 e. The minimum atomic E-state index is -0.626. The molecule has 0 heterocycles. The van der Waals surface area contributed by atoms with Gasteiger partial charge in [-0.2, -0.15) is 0 Å². The molecule has 0 aromatic heterocycles. The summed E-state index contributed by atoms with van der Waals surface area (Å²) in [6.07, 6.45) is 1.31. The Labute approximate surface area is 69.7 Å². The van der Waals surface area contributed by atoms with Gasteiger partial charge in [-0.15, -0.1) is 0 Å². The van der Waals surface area contributed by atoms with Crippen molar-refractivity contribution in [2.24, 2.45) is 17.3 Å². The highest BCUT2D eigenvalue weighted by molar-refractivity contribution is 5.76. The van der Waals surface area contributed by atoms with Gasteiger partial charge in [-0.25, -0.2) is 11.3 Å². The van der Waals surface area contributed by atoms with Crippen molar-refractivity contribution in [3.63, 3.8) is 0 Å². The second-order valence-electron chi connectivity index (χ2n) is 2.12. The smallest absolute Gasteiger partial charge is 0.264 e. The summed E-state index contributed by atoms with van der Waals surface area (Å²) in [5.41, 5.74) is 12.2. The van der Waals surface area contributed by atoms with Crippen LogP contribution in [0.5, 0.6) is 0 Å². The van der Waals surface area contributed by atoms with Crippen LogP contribution >= 0.6 is 0 Å². The van der Waals surface area contributed by atoms with Crippen LogP contribution < -0.4 is 22.8 Å². The molecular weight excluding hydrogens is 162 g/mol. The molecule has 70 valence electrons.